The number of hydrogen-bond acceptors (Lipinski definition) is 3. The van der Waals surface area contributed by atoms with Crippen molar-refractivity contribution in [1.29, 1.82) is 0 Å². The van der Waals surface area contributed by atoms with Crippen molar-refractivity contribution >= 4 is 17.6 Å². The van der Waals surface area contributed by atoms with E-state index in [-0.39, 0.29) is 5.92 Å². The summed E-state index contributed by atoms with van der Waals surface area (Å²) in [6, 6.07) is 6.83. The van der Waals surface area contributed by atoms with Crippen LogP contribution in [0.5, 0.6) is 0 Å². The normalized spacial score (nSPS) is 16.2. The number of benzene rings is 1. The molecule has 0 spiro atoms. The molecule has 18 heavy (non-hydrogen) atoms. The van der Waals surface area contributed by atoms with Crippen molar-refractivity contribution in [1.82, 2.24) is 0 Å². The summed E-state index contributed by atoms with van der Waals surface area (Å²) in [5.74, 6) is -1.07. The third-order valence-corrected chi connectivity index (χ3v) is 3.41. The maximum Gasteiger partial charge on any atom is 0.312 e. The van der Waals surface area contributed by atoms with E-state index in [4.69, 9.17) is 16.3 Å². The second kappa shape index (κ2) is 5.72. The highest BCUT2D eigenvalue weighted by Gasteiger charge is 2.41. The van der Waals surface area contributed by atoms with Crippen LogP contribution >= 0.6 is 11.6 Å². The molecule has 0 bridgehead atoms. The highest BCUT2D eigenvalue weighted by atomic mass is 35.5. The van der Waals surface area contributed by atoms with Crippen LogP contribution in [0.1, 0.15) is 26.3 Å². The molecule has 1 rings (SSSR count). The van der Waals surface area contributed by atoms with Gasteiger partial charge in [-0.1, -0.05) is 37.6 Å². The van der Waals surface area contributed by atoms with Gasteiger partial charge in [-0.05, 0) is 30.5 Å². The van der Waals surface area contributed by atoms with Gasteiger partial charge in [-0.3, -0.25) is 4.79 Å². The summed E-state index contributed by atoms with van der Waals surface area (Å²) < 4.78 is 4.78. The van der Waals surface area contributed by atoms with Crippen LogP contribution in [0.25, 0.3) is 0 Å². The highest BCUT2D eigenvalue weighted by Crippen LogP contribution is 2.35. The Morgan fingerprint density at radius 1 is 1.33 bits per heavy atom. The topological polar surface area (TPSA) is 46.5 Å². The first kappa shape index (κ1) is 15.0. The van der Waals surface area contributed by atoms with Gasteiger partial charge in [0.2, 0.25) is 0 Å². The standard InChI is InChI=1S/C14H19ClO3/c1-9(2)12(13(16)18-4)14(3,17)10-5-7-11(15)8-6-10/h5-9,12,17H,1-4H3. The molecule has 1 N–H and O–H groups in total. The molecule has 0 saturated carbocycles. The van der Waals surface area contributed by atoms with Crippen LogP contribution in [0.4, 0.5) is 0 Å². The molecule has 0 aliphatic rings. The lowest BCUT2D eigenvalue weighted by atomic mass is 9.76. The smallest absolute Gasteiger partial charge is 0.312 e. The van der Waals surface area contributed by atoms with E-state index in [1.54, 1.807) is 31.2 Å². The Morgan fingerprint density at radius 3 is 2.22 bits per heavy atom. The van der Waals surface area contributed by atoms with Crippen LogP contribution in [0.15, 0.2) is 24.3 Å². The Labute approximate surface area is 113 Å². The fourth-order valence-corrected chi connectivity index (χ4v) is 2.37. The minimum absolute atomic E-state index is 0.0388. The number of carbonyl (C=O) groups excluding carboxylic acids is 1. The predicted molar refractivity (Wildman–Crippen MR) is 71.4 cm³/mol. The van der Waals surface area contributed by atoms with E-state index in [0.717, 1.165) is 0 Å². The van der Waals surface area contributed by atoms with Crippen LogP contribution in [-0.2, 0) is 15.1 Å². The molecule has 0 aliphatic heterocycles. The van der Waals surface area contributed by atoms with Crippen molar-refractivity contribution < 1.29 is 14.6 Å². The Morgan fingerprint density at radius 2 is 1.83 bits per heavy atom. The maximum atomic E-state index is 11.8. The fraction of sp³-hybridized carbons (Fsp3) is 0.500. The molecule has 4 heteroatoms. The number of methoxy groups -OCH3 is 1. The van der Waals surface area contributed by atoms with E-state index in [9.17, 15) is 9.90 Å². The van der Waals surface area contributed by atoms with E-state index in [0.29, 0.717) is 10.6 Å². The van der Waals surface area contributed by atoms with E-state index in [2.05, 4.69) is 0 Å². The lowest BCUT2D eigenvalue weighted by Gasteiger charge is -2.34. The first-order chi connectivity index (χ1) is 8.30. The second-order valence-electron chi connectivity index (χ2n) is 4.90. The van der Waals surface area contributed by atoms with Crippen molar-refractivity contribution in [3.63, 3.8) is 0 Å². The van der Waals surface area contributed by atoms with E-state index >= 15 is 0 Å². The average molecular weight is 271 g/mol. The quantitative estimate of drug-likeness (QED) is 0.856. The van der Waals surface area contributed by atoms with Gasteiger partial charge in [0.05, 0.1) is 13.0 Å². The first-order valence-electron chi connectivity index (χ1n) is 5.87. The Balaban J connectivity index is 3.16. The molecule has 3 nitrogen and oxygen atoms in total. The van der Waals surface area contributed by atoms with Crippen LogP contribution in [0, 0.1) is 11.8 Å². The van der Waals surface area contributed by atoms with Gasteiger partial charge < -0.3 is 9.84 Å². The van der Waals surface area contributed by atoms with Gasteiger partial charge in [-0.25, -0.2) is 0 Å². The number of rotatable bonds is 4. The SMILES string of the molecule is COC(=O)C(C(C)C)C(C)(O)c1ccc(Cl)cc1. The lowest BCUT2D eigenvalue weighted by molar-refractivity contribution is -0.159. The number of aliphatic hydroxyl groups is 1. The van der Waals surface area contributed by atoms with Gasteiger partial charge in [-0.2, -0.15) is 0 Å². The molecule has 0 heterocycles. The van der Waals surface area contributed by atoms with Gasteiger partial charge in [0, 0.05) is 5.02 Å². The lowest BCUT2D eigenvalue weighted by Crippen LogP contribution is -2.41. The summed E-state index contributed by atoms with van der Waals surface area (Å²) in [6.07, 6.45) is 0. The summed E-state index contributed by atoms with van der Waals surface area (Å²) in [6.45, 7) is 5.38. The molecule has 1 aromatic rings. The van der Waals surface area contributed by atoms with Crippen LogP contribution in [0.3, 0.4) is 0 Å². The molecule has 0 amide bonds. The summed E-state index contributed by atoms with van der Waals surface area (Å²) in [5.41, 5.74) is -0.637. The molecule has 0 aliphatic carbocycles. The van der Waals surface area contributed by atoms with Gasteiger partial charge in [0.15, 0.2) is 0 Å². The number of halogens is 1. The van der Waals surface area contributed by atoms with Crippen molar-refractivity contribution in [2.24, 2.45) is 11.8 Å². The third-order valence-electron chi connectivity index (χ3n) is 3.16. The molecule has 0 aromatic heterocycles. The number of carbonyl (C=O) groups is 1. The molecular weight excluding hydrogens is 252 g/mol. The maximum absolute atomic E-state index is 11.8. The van der Waals surface area contributed by atoms with Gasteiger partial charge in [0.1, 0.15) is 5.60 Å². The summed E-state index contributed by atoms with van der Waals surface area (Å²) in [4.78, 5) is 11.8. The van der Waals surface area contributed by atoms with E-state index in [1.165, 1.54) is 7.11 Å². The molecule has 0 radical (unpaired) electrons. The van der Waals surface area contributed by atoms with Crippen LogP contribution in [-0.4, -0.2) is 18.2 Å². The zero-order valence-corrected chi connectivity index (χ0v) is 11.9. The summed E-state index contributed by atoms with van der Waals surface area (Å²) in [7, 11) is 1.33. The molecule has 100 valence electrons. The summed E-state index contributed by atoms with van der Waals surface area (Å²) >= 11 is 5.82. The number of hydrogen-bond donors (Lipinski definition) is 1. The second-order valence-corrected chi connectivity index (χ2v) is 5.34. The average Bonchev–Trinajstić information content (AvgIpc) is 2.28. The molecule has 0 fully saturated rings. The monoisotopic (exact) mass is 270 g/mol. The summed E-state index contributed by atoms with van der Waals surface area (Å²) in [5, 5.41) is 11.3. The predicted octanol–water partition coefficient (Wildman–Crippen LogP) is 2.99. The Kier molecular flexibility index (Phi) is 4.77. The highest BCUT2D eigenvalue weighted by molar-refractivity contribution is 6.30. The van der Waals surface area contributed by atoms with Gasteiger partial charge in [0.25, 0.3) is 0 Å². The van der Waals surface area contributed by atoms with Crippen LogP contribution in [0.2, 0.25) is 5.02 Å². The van der Waals surface area contributed by atoms with Crippen LogP contribution < -0.4 is 0 Å². The van der Waals surface area contributed by atoms with Gasteiger partial charge >= 0.3 is 5.97 Å². The van der Waals surface area contributed by atoms with Crippen molar-refractivity contribution in [3.05, 3.63) is 34.9 Å². The molecule has 2 unspecified atom stereocenters. The molecule has 2 atom stereocenters. The fourth-order valence-electron chi connectivity index (χ4n) is 2.24. The van der Waals surface area contributed by atoms with E-state index < -0.39 is 17.5 Å². The minimum Gasteiger partial charge on any atom is -0.469 e. The first-order valence-corrected chi connectivity index (χ1v) is 6.24. The number of esters is 1. The largest absolute Gasteiger partial charge is 0.469 e. The molecule has 0 saturated heterocycles. The third kappa shape index (κ3) is 3.03. The zero-order chi connectivity index (χ0) is 13.9. The van der Waals surface area contributed by atoms with Gasteiger partial charge in [-0.15, -0.1) is 0 Å². The Bertz CT molecular complexity index is 410. The van der Waals surface area contributed by atoms with Crippen molar-refractivity contribution in [2.45, 2.75) is 26.4 Å². The van der Waals surface area contributed by atoms with E-state index in [1.807, 2.05) is 13.8 Å². The zero-order valence-electron chi connectivity index (χ0n) is 11.1. The molecular formula is C14H19ClO3. The Hall–Kier alpha value is -1.06. The number of ether oxygens (including phenoxy) is 1. The minimum atomic E-state index is -1.29. The van der Waals surface area contributed by atoms with Crippen molar-refractivity contribution in [2.75, 3.05) is 7.11 Å². The van der Waals surface area contributed by atoms with Crippen molar-refractivity contribution in [3.8, 4) is 0 Å². The molecule has 1 aromatic carbocycles.